The van der Waals surface area contributed by atoms with E-state index in [1.165, 1.54) is 0 Å². The van der Waals surface area contributed by atoms with Crippen LogP contribution in [0.4, 0.5) is 5.69 Å². The second kappa shape index (κ2) is 5.90. The van der Waals surface area contributed by atoms with Crippen LogP contribution in [0.25, 0.3) is 0 Å². The molecular weight excluding hydrogens is 214 g/mol. The van der Waals surface area contributed by atoms with Crippen molar-refractivity contribution in [1.82, 2.24) is 4.90 Å². The Kier molecular flexibility index (Phi) is 4.53. The first-order chi connectivity index (χ1) is 8.02. The highest BCUT2D eigenvalue weighted by Crippen LogP contribution is 2.08. The van der Waals surface area contributed by atoms with Crippen LogP contribution in [-0.2, 0) is 11.2 Å². The molecule has 0 saturated heterocycles. The molecule has 0 aliphatic heterocycles. The summed E-state index contributed by atoms with van der Waals surface area (Å²) in [5.74, 6) is -0.150. The lowest BCUT2D eigenvalue weighted by atomic mass is 10.1. The van der Waals surface area contributed by atoms with Gasteiger partial charge < -0.3 is 10.6 Å². The zero-order valence-electron chi connectivity index (χ0n) is 10.2. The van der Waals surface area contributed by atoms with Crippen LogP contribution in [0.1, 0.15) is 12.5 Å². The normalized spacial score (nSPS) is 11.6. The van der Waals surface area contributed by atoms with Crippen LogP contribution in [0.5, 0.6) is 0 Å². The Hall–Kier alpha value is -2.02. The molecule has 1 aromatic carbocycles. The molecule has 0 fully saturated rings. The predicted octanol–water partition coefficient (Wildman–Crippen LogP) is 1.43. The Labute approximate surface area is 102 Å². The molecule has 1 atom stereocenters. The van der Waals surface area contributed by atoms with Gasteiger partial charge in [0.1, 0.15) is 0 Å². The second-order valence-electron chi connectivity index (χ2n) is 4.23. The number of nitrogens with zero attached hydrogens (tertiary/aromatic N) is 2. The summed E-state index contributed by atoms with van der Waals surface area (Å²) in [6.45, 7) is 2.25. The summed E-state index contributed by atoms with van der Waals surface area (Å²) in [6, 6.07) is 9.39. The van der Waals surface area contributed by atoms with Gasteiger partial charge in [-0.2, -0.15) is 5.26 Å². The van der Waals surface area contributed by atoms with Crippen LogP contribution < -0.4 is 5.73 Å². The molecular formula is C13H17N3O. The molecule has 0 heterocycles. The van der Waals surface area contributed by atoms with Gasteiger partial charge in [0, 0.05) is 19.3 Å². The van der Waals surface area contributed by atoms with Crippen molar-refractivity contribution in [2.24, 2.45) is 5.92 Å². The first-order valence-electron chi connectivity index (χ1n) is 5.51. The van der Waals surface area contributed by atoms with Crippen molar-refractivity contribution < 1.29 is 4.79 Å². The molecule has 4 heteroatoms. The van der Waals surface area contributed by atoms with Crippen molar-refractivity contribution in [1.29, 1.82) is 5.26 Å². The molecule has 0 bridgehead atoms. The number of amides is 1. The highest BCUT2D eigenvalue weighted by Gasteiger charge is 2.12. The van der Waals surface area contributed by atoms with Gasteiger partial charge in [0.25, 0.3) is 0 Å². The van der Waals surface area contributed by atoms with E-state index in [4.69, 9.17) is 11.0 Å². The summed E-state index contributed by atoms with van der Waals surface area (Å²) in [6.07, 6.45) is 0.319. The van der Waals surface area contributed by atoms with Crippen molar-refractivity contribution in [2.75, 3.05) is 19.3 Å². The van der Waals surface area contributed by atoms with Gasteiger partial charge in [0.05, 0.1) is 18.4 Å². The number of nitriles is 1. The molecule has 0 saturated carbocycles. The van der Waals surface area contributed by atoms with Crippen LogP contribution in [0.3, 0.4) is 0 Å². The van der Waals surface area contributed by atoms with Gasteiger partial charge in [-0.3, -0.25) is 4.79 Å². The maximum absolute atomic E-state index is 11.9. The average Bonchev–Trinajstić information content (AvgIpc) is 2.28. The van der Waals surface area contributed by atoms with Gasteiger partial charge in [0.15, 0.2) is 0 Å². The van der Waals surface area contributed by atoms with Crippen LogP contribution >= 0.6 is 0 Å². The number of nitrogens with two attached hydrogens (primary N) is 1. The summed E-state index contributed by atoms with van der Waals surface area (Å²) in [4.78, 5) is 13.4. The van der Waals surface area contributed by atoms with E-state index in [-0.39, 0.29) is 11.8 Å². The van der Waals surface area contributed by atoms with E-state index in [1.807, 2.05) is 12.1 Å². The lowest BCUT2D eigenvalue weighted by molar-refractivity contribution is -0.129. The van der Waals surface area contributed by atoms with Gasteiger partial charge in [-0.15, -0.1) is 0 Å². The first-order valence-corrected chi connectivity index (χ1v) is 5.51. The molecule has 2 N–H and O–H groups in total. The summed E-state index contributed by atoms with van der Waals surface area (Å²) in [5.41, 5.74) is 7.20. The van der Waals surface area contributed by atoms with Gasteiger partial charge in [-0.1, -0.05) is 12.1 Å². The molecule has 0 radical (unpaired) electrons. The van der Waals surface area contributed by atoms with Gasteiger partial charge in [-0.25, -0.2) is 0 Å². The van der Waals surface area contributed by atoms with E-state index in [1.54, 1.807) is 31.0 Å². The highest BCUT2D eigenvalue weighted by atomic mass is 16.2. The molecule has 0 aromatic heterocycles. The molecule has 0 aliphatic rings. The molecule has 4 nitrogen and oxygen atoms in total. The van der Waals surface area contributed by atoms with E-state index in [2.05, 4.69) is 6.07 Å². The lowest BCUT2D eigenvalue weighted by Crippen LogP contribution is -2.31. The molecule has 1 aromatic rings. The monoisotopic (exact) mass is 231 g/mol. The number of rotatable bonds is 4. The number of benzene rings is 1. The predicted molar refractivity (Wildman–Crippen MR) is 67.0 cm³/mol. The highest BCUT2D eigenvalue weighted by molar-refractivity contribution is 5.78. The minimum absolute atomic E-state index is 0.00213. The van der Waals surface area contributed by atoms with E-state index in [9.17, 15) is 4.79 Å². The zero-order chi connectivity index (χ0) is 12.8. The number of anilines is 1. The van der Waals surface area contributed by atoms with E-state index in [0.29, 0.717) is 18.7 Å². The van der Waals surface area contributed by atoms with E-state index >= 15 is 0 Å². The summed E-state index contributed by atoms with van der Waals surface area (Å²) in [7, 11) is 1.71. The maximum Gasteiger partial charge on any atom is 0.226 e. The Morgan fingerprint density at radius 2 is 2.29 bits per heavy atom. The number of nitrogen functional groups attached to an aromatic ring is 1. The Balaban J connectivity index is 2.58. The van der Waals surface area contributed by atoms with Gasteiger partial charge in [0.2, 0.25) is 5.91 Å². The largest absolute Gasteiger partial charge is 0.399 e. The van der Waals surface area contributed by atoms with Crippen LogP contribution in [0, 0.1) is 17.2 Å². The fourth-order valence-corrected chi connectivity index (χ4v) is 1.57. The Bertz CT molecular complexity index is 437. The zero-order valence-corrected chi connectivity index (χ0v) is 10.2. The van der Waals surface area contributed by atoms with Gasteiger partial charge in [-0.05, 0) is 24.6 Å². The summed E-state index contributed by atoms with van der Waals surface area (Å²) < 4.78 is 0. The van der Waals surface area contributed by atoms with Crippen molar-refractivity contribution >= 4 is 11.6 Å². The number of carbonyl (C=O) groups is 1. The van der Waals surface area contributed by atoms with Crippen LogP contribution in [-0.4, -0.2) is 24.4 Å². The van der Waals surface area contributed by atoms with Crippen LogP contribution in [0.15, 0.2) is 24.3 Å². The topological polar surface area (TPSA) is 70.1 Å². The SMILES string of the molecule is CC(C#N)CN(C)C(=O)Cc1cccc(N)c1. The second-order valence-corrected chi connectivity index (χ2v) is 4.23. The summed E-state index contributed by atoms with van der Waals surface area (Å²) >= 11 is 0. The number of likely N-dealkylation sites (N-methyl/N-ethyl adjacent to an activating group) is 1. The first kappa shape index (κ1) is 13.0. The molecule has 90 valence electrons. The minimum atomic E-state index is -0.148. The molecule has 0 aliphatic carbocycles. The number of hydrogen-bond acceptors (Lipinski definition) is 3. The van der Waals surface area contributed by atoms with Crippen LogP contribution in [0.2, 0.25) is 0 Å². The van der Waals surface area contributed by atoms with Crippen molar-refractivity contribution in [3.8, 4) is 6.07 Å². The van der Waals surface area contributed by atoms with Gasteiger partial charge >= 0.3 is 0 Å². The quantitative estimate of drug-likeness (QED) is 0.797. The molecule has 0 spiro atoms. The molecule has 1 unspecified atom stereocenters. The smallest absolute Gasteiger partial charge is 0.226 e. The van der Waals surface area contributed by atoms with Crippen molar-refractivity contribution in [3.63, 3.8) is 0 Å². The maximum atomic E-state index is 11.9. The Morgan fingerprint density at radius 3 is 2.88 bits per heavy atom. The average molecular weight is 231 g/mol. The number of hydrogen-bond donors (Lipinski definition) is 1. The minimum Gasteiger partial charge on any atom is -0.399 e. The van der Waals surface area contributed by atoms with Crippen molar-refractivity contribution in [3.05, 3.63) is 29.8 Å². The number of carbonyl (C=O) groups excluding carboxylic acids is 1. The molecule has 1 amide bonds. The molecule has 1 rings (SSSR count). The summed E-state index contributed by atoms with van der Waals surface area (Å²) in [5, 5.41) is 8.69. The van der Waals surface area contributed by atoms with Crippen molar-refractivity contribution in [2.45, 2.75) is 13.3 Å². The van der Waals surface area contributed by atoms with E-state index in [0.717, 1.165) is 5.56 Å². The third-order valence-electron chi connectivity index (χ3n) is 2.50. The fourth-order valence-electron chi connectivity index (χ4n) is 1.57. The fraction of sp³-hybridized carbons (Fsp3) is 0.385. The standard InChI is InChI=1S/C13H17N3O/c1-10(8-14)9-16(2)13(17)7-11-4-3-5-12(15)6-11/h3-6,10H,7,9,15H2,1-2H3. The Morgan fingerprint density at radius 1 is 1.59 bits per heavy atom. The lowest BCUT2D eigenvalue weighted by Gasteiger charge is -2.18. The third-order valence-corrected chi connectivity index (χ3v) is 2.50. The van der Waals surface area contributed by atoms with E-state index < -0.39 is 0 Å². The third kappa shape index (κ3) is 4.15. The molecule has 17 heavy (non-hydrogen) atoms.